The van der Waals surface area contributed by atoms with Crippen LogP contribution < -0.4 is 5.73 Å². The molecule has 21 heavy (non-hydrogen) atoms. The van der Waals surface area contributed by atoms with Gasteiger partial charge in [-0.25, -0.2) is 4.39 Å². The number of nitrogens with two attached hydrogens (primary N) is 1. The van der Waals surface area contributed by atoms with Gasteiger partial charge < -0.3 is 5.73 Å². The van der Waals surface area contributed by atoms with Crippen LogP contribution in [0.15, 0.2) is 46.9 Å². The number of anilines is 1. The maximum atomic E-state index is 13.7. The maximum absolute atomic E-state index is 13.7. The van der Waals surface area contributed by atoms with Crippen molar-refractivity contribution in [2.75, 3.05) is 5.73 Å². The van der Waals surface area contributed by atoms with Crippen molar-refractivity contribution in [3.8, 4) is 22.4 Å². The number of nitrogens with one attached hydrogen (secondary N) is 1. The molecular weight excluding hydrogens is 357 g/mol. The second-order valence-electron chi connectivity index (χ2n) is 4.47. The van der Waals surface area contributed by atoms with Gasteiger partial charge in [0.2, 0.25) is 0 Å². The highest BCUT2D eigenvalue weighted by atomic mass is 79.9. The molecule has 0 fully saturated rings. The Bertz CT molecular complexity index is 799. The van der Waals surface area contributed by atoms with E-state index in [-0.39, 0.29) is 5.82 Å². The Morgan fingerprint density at radius 3 is 2.57 bits per heavy atom. The number of H-pyrrole nitrogens is 1. The van der Waals surface area contributed by atoms with Gasteiger partial charge in [-0.05, 0) is 39.7 Å². The molecule has 0 radical (unpaired) electrons. The lowest BCUT2D eigenvalue weighted by atomic mass is 10.0. The van der Waals surface area contributed by atoms with Gasteiger partial charge in [-0.2, -0.15) is 5.10 Å². The summed E-state index contributed by atoms with van der Waals surface area (Å²) < 4.78 is 14.1. The summed E-state index contributed by atoms with van der Waals surface area (Å²) in [6, 6.07) is 12.1. The Labute approximate surface area is 134 Å². The van der Waals surface area contributed by atoms with Crippen LogP contribution >= 0.6 is 27.5 Å². The predicted octanol–water partition coefficient (Wildman–Crippen LogP) is 4.88. The second-order valence-corrected chi connectivity index (χ2v) is 5.70. The Morgan fingerprint density at radius 1 is 1.14 bits per heavy atom. The summed E-state index contributed by atoms with van der Waals surface area (Å²) in [6.07, 6.45) is 0. The first-order valence-electron chi connectivity index (χ1n) is 6.12. The number of aromatic nitrogens is 2. The quantitative estimate of drug-likeness (QED) is 0.679. The fourth-order valence-corrected chi connectivity index (χ4v) is 2.75. The van der Waals surface area contributed by atoms with Crippen LogP contribution in [0, 0.1) is 5.82 Å². The van der Waals surface area contributed by atoms with E-state index in [1.807, 2.05) is 12.1 Å². The molecule has 1 heterocycles. The van der Waals surface area contributed by atoms with Crippen molar-refractivity contribution in [2.45, 2.75) is 0 Å². The molecule has 0 aliphatic rings. The van der Waals surface area contributed by atoms with Crippen molar-refractivity contribution in [2.24, 2.45) is 0 Å². The third kappa shape index (κ3) is 2.54. The molecule has 106 valence electrons. The van der Waals surface area contributed by atoms with Gasteiger partial charge in [0.15, 0.2) is 5.82 Å². The third-order valence-corrected chi connectivity index (χ3v) is 4.21. The van der Waals surface area contributed by atoms with Gasteiger partial charge in [0.25, 0.3) is 0 Å². The molecule has 0 saturated carbocycles. The topological polar surface area (TPSA) is 54.7 Å². The average Bonchev–Trinajstić information content (AvgIpc) is 2.85. The molecule has 2 aromatic carbocycles. The molecule has 3 aromatic rings. The van der Waals surface area contributed by atoms with E-state index >= 15 is 0 Å². The van der Waals surface area contributed by atoms with Crippen LogP contribution in [-0.2, 0) is 0 Å². The standard InChI is InChI=1S/C15H10BrClFN3/c16-13-10(2-1-3-11(13)18)14-12(15(19)21-20-14)8-4-6-9(17)7-5-8/h1-7H,(H3,19,20,21). The molecular formula is C15H10BrClFN3. The first-order valence-corrected chi connectivity index (χ1v) is 7.29. The van der Waals surface area contributed by atoms with Crippen LogP contribution in [0.5, 0.6) is 0 Å². The molecule has 3 nitrogen and oxygen atoms in total. The summed E-state index contributed by atoms with van der Waals surface area (Å²) in [6.45, 7) is 0. The minimum atomic E-state index is -0.345. The highest BCUT2D eigenvalue weighted by molar-refractivity contribution is 9.10. The van der Waals surface area contributed by atoms with Gasteiger partial charge in [-0.15, -0.1) is 0 Å². The van der Waals surface area contributed by atoms with Crippen molar-refractivity contribution in [1.82, 2.24) is 10.2 Å². The number of hydrogen-bond donors (Lipinski definition) is 2. The van der Waals surface area contributed by atoms with Crippen LogP contribution in [0.3, 0.4) is 0 Å². The molecule has 0 saturated heterocycles. The lowest BCUT2D eigenvalue weighted by molar-refractivity contribution is 0.621. The fourth-order valence-electron chi connectivity index (χ4n) is 2.16. The zero-order valence-electron chi connectivity index (χ0n) is 10.7. The molecule has 0 unspecified atom stereocenters. The molecule has 0 bridgehead atoms. The molecule has 6 heteroatoms. The molecule has 0 atom stereocenters. The zero-order chi connectivity index (χ0) is 15.0. The minimum absolute atomic E-state index is 0.345. The molecule has 3 N–H and O–H groups in total. The number of halogens is 3. The van der Waals surface area contributed by atoms with Crippen LogP contribution in [0.1, 0.15) is 0 Å². The van der Waals surface area contributed by atoms with Crippen molar-refractivity contribution < 1.29 is 4.39 Å². The summed E-state index contributed by atoms with van der Waals surface area (Å²) in [5.74, 6) is 0.00575. The number of nitrogens with zero attached hydrogens (tertiary/aromatic N) is 1. The lowest BCUT2D eigenvalue weighted by Crippen LogP contribution is -1.90. The summed E-state index contributed by atoms with van der Waals surface area (Å²) >= 11 is 9.16. The van der Waals surface area contributed by atoms with E-state index < -0.39 is 0 Å². The van der Waals surface area contributed by atoms with Crippen molar-refractivity contribution in [3.05, 3.63) is 57.8 Å². The van der Waals surface area contributed by atoms with Crippen LogP contribution in [0.4, 0.5) is 10.2 Å². The van der Waals surface area contributed by atoms with Gasteiger partial charge in [0.05, 0.1) is 15.7 Å². The lowest BCUT2D eigenvalue weighted by Gasteiger charge is -2.07. The number of nitrogen functional groups attached to an aromatic ring is 1. The number of hydrogen-bond acceptors (Lipinski definition) is 2. The van der Waals surface area contributed by atoms with E-state index in [4.69, 9.17) is 17.3 Å². The van der Waals surface area contributed by atoms with Crippen LogP contribution in [-0.4, -0.2) is 10.2 Å². The zero-order valence-corrected chi connectivity index (χ0v) is 13.0. The van der Waals surface area contributed by atoms with Crippen molar-refractivity contribution in [1.29, 1.82) is 0 Å². The number of benzene rings is 2. The third-order valence-electron chi connectivity index (χ3n) is 3.15. The monoisotopic (exact) mass is 365 g/mol. The smallest absolute Gasteiger partial charge is 0.153 e. The minimum Gasteiger partial charge on any atom is -0.382 e. The Balaban J connectivity index is 2.22. The predicted molar refractivity (Wildman–Crippen MR) is 86.5 cm³/mol. The normalized spacial score (nSPS) is 10.8. The summed E-state index contributed by atoms with van der Waals surface area (Å²) in [7, 11) is 0. The highest BCUT2D eigenvalue weighted by Crippen LogP contribution is 2.38. The highest BCUT2D eigenvalue weighted by Gasteiger charge is 2.18. The van der Waals surface area contributed by atoms with E-state index in [9.17, 15) is 4.39 Å². The van der Waals surface area contributed by atoms with E-state index in [1.54, 1.807) is 24.3 Å². The Kier molecular flexibility index (Phi) is 3.69. The Morgan fingerprint density at radius 2 is 1.86 bits per heavy atom. The van der Waals surface area contributed by atoms with Crippen molar-refractivity contribution >= 4 is 33.3 Å². The molecule has 1 aromatic heterocycles. The fraction of sp³-hybridized carbons (Fsp3) is 0. The van der Waals surface area contributed by atoms with Gasteiger partial charge >= 0.3 is 0 Å². The largest absolute Gasteiger partial charge is 0.382 e. The van der Waals surface area contributed by atoms with Crippen LogP contribution in [0.25, 0.3) is 22.4 Å². The number of aromatic amines is 1. The summed E-state index contributed by atoms with van der Waals surface area (Å²) in [4.78, 5) is 0. The van der Waals surface area contributed by atoms with Gasteiger partial charge in [-0.1, -0.05) is 35.9 Å². The van der Waals surface area contributed by atoms with Gasteiger partial charge in [0.1, 0.15) is 5.82 Å². The van der Waals surface area contributed by atoms with Gasteiger partial charge in [0, 0.05) is 10.6 Å². The second kappa shape index (κ2) is 5.50. The van der Waals surface area contributed by atoms with Crippen LogP contribution in [0.2, 0.25) is 5.02 Å². The molecule has 0 aliphatic carbocycles. The first-order chi connectivity index (χ1) is 10.1. The van der Waals surface area contributed by atoms with E-state index in [1.165, 1.54) is 6.07 Å². The van der Waals surface area contributed by atoms with E-state index in [2.05, 4.69) is 26.1 Å². The first kappa shape index (κ1) is 14.1. The molecule has 0 aliphatic heterocycles. The van der Waals surface area contributed by atoms with E-state index in [0.29, 0.717) is 26.6 Å². The maximum Gasteiger partial charge on any atom is 0.153 e. The summed E-state index contributed by atoms with van der Waals surface area (Å²) in [5.41, 5.74) is 8.84. The number of rotatable bonds is 2. The van der Waals surface area contributed by atoms with Gasteiger partial charge in [-0.3, -0.25) is 5.10 Å². The SMILES string of the molecule is Nc1n[nH]c(-c2cccc(F)c2Br)c1-c1ccc(Cl)cc1. The van der Waals surface area contributed by atoms with Crippen molar-refractivity contribution in [3.63, 3.8) is 0 Å². The average molecular weight is 367 g/mol. The molecule has 0 amide bonds. The Hall–Kier alpha value is -1.85. The van der Waals surface area contributed by atoms with E-state index in [0.717, 1.165) is 11.1 Å². The molecule has 0 spiro atoms. The summed E-state index contributed by atoms with van der Waals surface area (Å²) in [5, 5.41) is 7.54. The molecule has 3 rings (SSSR count).